The Kier molecular flexibility index (Phi) is 5.22. The molecule has 1 atom stereocenters. The maximum absolute atomic E-state index is 12.5. The zero-order chi connectivity index (χ0) is 19.7. The molecule has 2 aromatic carbocycles. The Hall–Kier alpha value is -2.82. The van der Waals surface area contributed by atoms with Crippen LogP contribution in [-0.2, 0) is 11.2 Å². The lowest BCUT2D eigenvalue weighted by Gasteiger charge is -2.19. The number of hydrogen-bond acceptors (Lipinski definition) is 4. The number of amides is 1. The monoisotopic (exact) mass is 367 g/mol. The van der Waals surface area contributed by atoms with Crippen molar-refractivity contribution < 1.29 is 14.3 Å². The molecule has 0 unspecified atom stereocenters. The summed E-state index contributed by atoms with van der Waals surface area (Å²) in [5.74, 6) is 1.26. The first-order valence-corrected chi connectivity index (χ1v) is 9.04. The first-order valence-electron chi connectivity index (χ1n) is 9.04. The minimum absolute atomic E-state index is 0.0341. The molecule has 27 heavy (non-hydrogen) atoms. The average molecular weight is 367 g/mol. The zero-order valence-electron chi connectivity index (χ0n) is 16.4. The van der Waals surface area contributed by atoms with Crippen molar-refractivity contribution in [3.05, 3.63) is 56.7 Å². The van der Waals surface area contributed by atoms with E-state index in [1.807, 2.05) is 25.1 Å². The lowest BCUT2D eigenvalue weighted by atomic mass is 9.92. The first kappa shape index (κ1) is 19.0. The van der Waals surface area contributed by atoms with Gasteiger partial charge in [0.05, 0.1) is 20.3 Å². The number of rotatable bonds is 3. The van der Waals surface area contributed by atoms with Gasteiger partial charge < -0.3 is 14.8 Å². The Morgan fingerprint density at radius 2 is 1.89 bits per heavy atom. The highest BCUT2D eigenvalue weighted by Crippen LogP contribution is 2.45. The second kappa shape index (κ2) is 7.43. The molecule has 0 aliphatic heterocycles. The van der Waals surface area contributed by atoms with E-state index in [2.05, 4.69) is 5.32 Å². The number of benzene rings is 1. The highest BCUT2D eigenvalue weighted by Gasteiger charge is 2.27. The maximum atomic E-state index is 12.5. The number of carbonyl (C=O) groups excluding carboxylic acids is 1. The van der Waals surface area contributed by atoms with Crippen molar-refractivity contribution in [3.8, 4) is 22.6 Å². The Bertz CT molecular complexity index is 965. The third-order valence-corrected chi connectivity index (χ3v) is 5.20. The van der Waals surface area contributed by atoms with Crippen LogP contribution in [0.5, 0.6) is 11.5 Å². The molecule has 2 aromatic rings. The summed E-state index contributed by atoms with van der Waals surface area (Å²) in [6.45, 7) is 5.30. The Balaban J connectivity index is 2.38. The fourth-order valence-corrected chi connectivity index (χ4v) is 3.90. The summed E-state index contributed by atoms with van der Waals surface area (Å²) in [5.41, 5.74) is 5.56. The molecule has 5 heteroatoms. The number of nitrogens with one attached hydrogen (secondary N) is 1. The minimum Gasteiger partial charge on any atom is -0.493 e. The zero-order valence-corrected chi connectivity index (χ0v) is 16.4. The third kappa shape index (κ3) is 3.42. The third-order valence-electron chi connectivity index (χ3n) is 5.20. The Morgan fingerprint density at radius 3 is 2.52 bits per heavy atom. The van der Waals surface area contributed by atoms with Gasteiger partial charge in [-0.05, 0) is 66.6 Å². The SMILES string of the molecule is COc1cc2c(c(C)c1OC)-c1ccc(C)c(=O)cc1[C@@H](NC(C)=O)CC2. The number of fused-ring (bicyclic) bond motifs is 3. The van der Waals surface area contributed by atoms with Gasteiger partial charge in [0.1, 0.15) is 0 Å². The van der Waals surface area contributed by atoms with E-state index in [1.165, 1.54) is 6.92 Å². The predicted octanol–water partition coefficient (Wildman–Crippen LogP) is 3.47. The molecule has 0 heterocycles. The largest absolute Gasteiger partial charge is 0.493 e. The van der Waals surface area contributed by atoms with Gasteiger partial charge in [0.2, 0.25) is 5.91 Å². The fourth-order valence-electron chi connectivity index (χ4n) is 3.90. The molecular weight excluding hydrogens is 342 g/mol. The van der Waals surface area contributed by atoms with Gasteiger partial charge in [0.15, 0.2) is 16.9 Å². The first-order chi connectivity index (χ1) is 12.9. The van der Waals surface area contributed by atoms with E-state index in [0.29, 0.717) is 23.5 Å². The molecule has 142 valence electrons. The number of aryl methyl sites for hydroxylation is 2. The molecule has 0 bridgehead atoms. The van der Waals surface area contributed by atoms with E-state index in [9.17, 15) is 9.59 Å². The van der Waals surface area contributed by atoms with E-state index >= 15 is 0 Å². The fraction of sp³-hybridized carbons (Fsp3) is 0.364. The van der Waals surface area contributed by atoms with Crippen LogP contribution < -0.4 is 20.2 Å². The quantitative estimate of drug-likeness (QED) is 0.902. The molecule has 0 saturated carbocycles. The van der Waals surface area contributed by atoms with Crippen LogP contribution in [0.4, 0.5) is 0 Å². The van der Waals surface area contributed by atoms with Gasteiger partial charge in [0.25, 0.3) is 0 Å². The topological polar surface area (TPSA) is 64.6 Å². The lowest BCUT2D eigenvalue weighted by molar-refractivity contribution is -0.119. The molecule has 0 fully saturated rings. The normalized spacial score (nSPS) is 15.2. The van der Waals surface area contributed by atoms with Crippen molar-refractivity contribution >= 4 is 5.91 Å². The van der Waals surface area contributed by atoms with E-state index in [-0.39, 0.29) is 17.4 Å². The predicted molar refractivity (Wildman–Crippen MR) is 106 cm³/mol. The molecule has 5 nitrogen and oxygen atoms in total. The van der Waals surface area contributed by atoms with Crippen LogP contribution in [0, 0.1) is 13.8 Å². The summed E-state index contributed by atoms with van der Waals surface area (Å²) in [4.78, 5) is 24.3. The highest BCUT2D eigenvalue weighted by molar-refractivity contribution is 5.80. The summed E-state index contributed by atoms with van der Waals surface area (Å²) in [6, 6.07) is 7.26. The number of hydrogen-bond donors (Lipinski definition) is 1. The van der Waals surface area contributed by atoms with Gasteiger partial charge >= 0.3 is 0 Å². The minimum atomic E-state index is -0.221. The van der Waals surface area contributed by atoms with Crippen molar-refractivity contribution in [2.24, 2.45) is 0 Å². The maximum Gasteiger partial charge on any atom is 0.217 e. The molecule has 1 N–H and O–H groups in total. The van der Waals surface area contributed by atoms with Crippen LogP contribution in [0.3, 0.4) is 0 Å². The van der Waals surface area contributed by atoms with Gasteiger partial charge in [0, 0.05) is 12.5 Å². The molecular formula is C22H25NO4. The molecule has 3 rings (SSSR count). The second-order valence-corrected chi connectivity index (χ2v) is 6.96. The van der Waals surface area contributed by atoms with Crippen molar-refractivity contribution in [1.29, 1.82) is 0 Å². The number of ether oxygens (including phenoxy) is 2. The van der Waals surface area contributed by atoms with Gasteiger partial charge in [-0.2, -0.15) is 0 Å². The van der Waals surface area contributed by atoms with Crippen LogP contribution >= 0.6 is 0 Å². The van der Waals surface area contributed by atoms with Crippen LogP contribution in [0.15, 0.2) is 29.1 Å². The lowest BCUT2D eigenvalue weighted by Crippen LogP contribution is -2.26. The van der Waals surface area contributed by atoms with E-state index in [0.717, 1.165) is 34.2 Å². The Labute approximate surface area is 159 Å². The van der Waals surface area contributed by atoms with Crippen LogP contribution in [-0.4, -0.2) is 20.1 Å². The molecule has 0 radical (unpaired) electrons. The summed E-state index contributed by atoms with van der Waals surface area (Å²) < 4.78 is 11.1. The molecule has 1 amide bonds. The van der Waals surface area contributed by atoms with Gasteiger partial charge in [-0.3, -0.25) is 9.59 Å². The molecule has 0 spiro atoms. The molecule has 1 aliphatic carbocycles. The number of carbonyl (C=O) groups is 1. The average Bonchev–Trinajstić information content (AvgIpc) is 2.85. The molecule has 1 aliphatic rings. The Morgan fingerprint density at radius 1 is 1.15 bits per heavy atom. The smallest absolute Gasteiger partial charge is 0.217 e. The van der Waals surface area contributed by atoms with Gasteiger partial charge in [-0.15, -0.1) is 0 Å². The summed E-state index contributed by atoms with van der Waals surface area (Å²) in [5, 5.41) is 3.01. The standard InChI is InChI=1S/C22H25NO4/c1-12-6-8-16-17(11-19(12)25)18(23-14(3)24)9-7-15-10-20(26-4)22(27-5)13(2)21(15)16/h6,8,10-11,18H,7,9H2,1-5H3,(H,23,24)/t18-/m0/s1. The van der Waals surface area contributed by atoms with E-state index in [4.69, 9.17) is 9.47 Å². The van der Waals surface area contributed by atoms with Crippen molar-refractivity contribution in [3.63, 3.8) is 0 Å². The van der Waals surface area contributed by atoms with Crippen molar-refractivity contribution in [1.82, 2.24) is 5.32 Å². The summed E-state index contributed by atoms with van der Waals surface area (Å²) in [6.07, 6.45) is 1.46. The van der Waals surface area contributed by atoms with Crippen LogP contribution in [0.25, 0.3) is 11.1 Å². The van der Waals surface area contributed by atoms with Gasteiger partial charge in [-0.25, -0.2) is 0 Å². The summed E-state index contributed by atoms with van der Waals surface area (Å²) >= 11 is 0. The molecule has 0 aromatic heterocycles. The van der Waals surface area contributed by atoms with Gasteiger partial charge in [-0.1, -0.05) is 12.1 Å². The second-order valence-electron chi connectivity index (χ2n) is 6.96. The van der Waals surface area contributed by atoms with Crippen LogP contribution in [0.1, 0.15) is 41.6 Å². The molecule has 0 saturated heterocycles. The van der Waals surface area contributed by atoms with Crippen molar-refractivity contribution in [2.45, 2.75) is 39.7 Å². The highest BCUT2D eigenvalue weighted by atomic mass is 16.5. The van der Waals surface area contributed by atoms with E-state index < -0.39 is 0 Å². The van der Waals surface area contributed by atoms with Crippen molar-refractivity contribution in [2.75, 3.05) is 14.2 Å². The van der Waals surface area contributed by atoms with E-state index in [1.54, 1.807) is 27.2 Å². The summed E-state index contributed by atoms with van der Waals surface area (Å²) in [7, 11) is 3.25. The van der Waals surface area contributed by atoms with Crippen LogP contribution in [0.2, 0.25) is 0 Å². The number of methoxy groups -OCH3 is 2.